The van der Waals surface area contributed by atoms with E-state index in [0.717, 1.165) is 26.1 Å². The van der Waals surface area contributed by atoms with Gasteiger partial charge in [-0.05, 0) is 6.42 Å². The Kier molecular flexibility index (Phi) is 3.71. The van der Waals surface area contributed by atoms with Crippen molar-refractivity contribution in [2.45, 2.75) is 12.8 Å². The quantitative estimate of drug-likeness (QED) is 0.605. The number of rotatable bonds is 2. The second kappa shape index (κ2) is 4.83. The van der Waals surface area contributed by atoms with E-state index < -0.39 is 0 Å². The highest BCUT2D eigenvalue weighted by atomic mass is 16.2. The molecule has 1 amide bonds. The standard InChI is InChI=1S/C9H15N3O/c1-11-5-3-7-12(6-2-4-10)8-9(11)13/h2-3,5-8H2,1H3. The molecule has 72 valence electrons. The summed E-state index contributed by atoms with van der Waals surface area (Å²) in [5.74, 6) is 0.162. The highest BCUT2D eigenvalue weighted by molar-refractivity contribution is 5.78. The summed E-state index contributed by atoms with van der Waals surface area (Å²) in [6.07, 6.45) is 1.52. The minimum atomic E-state index is 0.162. The SMILES string of the molecule is CN1CCCN(CCC#N)CC1=O. The Labute approximate surface area is 78.7 Å². The van der Waals surface area contributed by atoms with E-state index in [4.69, 9.17) is 5.26 Å². The molecule has 1 fully saturated rings. The van der Waals surface area contributed by atoms with Gasteiger partial charge in [-0.2, -0.15) is 5.26 Å². The maximum Gasteiger partial charge on any atom is 0.236 e. The van der Waals surface area contributed by atoms with Gasteiger partial charge in [0, 0.05) is 33.1 Å². The van der Waals surface area contributed by atoms with Crippen molar-refractivity contribution in [2.24, 2.45) is 0 Å². The number of hydrogen-bond donors (Lipinski definition) is 0. The van der Waals surface area contributed by atoms with Crippen LogP contribution in [-0.4, -0.2) is 48.9 Å². The fraction of sp³-hybridized carbons (Fsp3) is 0.778. The smallest absolute Gasteiger partial charge is 0.236 e. The van der Waals surface area contributed by atoms with Crippen LogP contribution in [0.25, 0.3) is 0 Å². The van der Waals surface area contributed by atoms with E-state index in [9.17, 15) is 4.79 Å². The predicted molar refractivity (Wildman–Crippen MR) is 48.9 cm³/mol. The summed E-state index contributed by atoms with van der Waals surface area (Å²) in [7, 11) is 1.83. The highest BCUT2D eigenvalue weighted by Gasteiger charge is 2.17. The van der Waals surface area contributed by atoms with E-state index >= 15 is 0 Å². The minimum absolute atomic E-state index is 0.162. The second-order valence-corrected chi connectivity index (χ2v) is 3.35. The van der Waals surface area contributed by atoms with Crippen LogP contribution in [0.5, 0.6) is 0 Å². The summed E-state index contributed by atoms with van der Waals surface area (Å²) >= 11 is 0. The van der Waals surface area contributed by atoms with Crippen LogP contribution in [-0.2, 0) is 4.79 Å². The Morgan fingerprint density at radius 3 is 3.00 bits per heavy atom. The summed E-state index contributed by atoms with van der Waals surface area (Å²) in [5.41, 5.74) is 0. The number of hydrogen-bond acceptors (Lipinski definition) is 3. The van der Waals surface area contributed by atoms with Gasteiger partial charge in [0.25, 0.3) is 0 Å². The van der Waals surface area contributed by atoms with Gasteiger partial charge >= 0.3 is 0 Å². The van der Waals surface area contributed by atoms with E-state index in [1.807, 2.05) is 7.05 Å². The Bertz CT molecular complexity index is 221. The van der Waals surface area contributed by atoms with Crippen LogP contribution < -0.4 is 0 Å². The molecule has 0 saturated carbocycles. The van der Waals surface area contributed by atoms with Gasteiger partial charge < -0.3 is 4.90 Å². The zero-order valence-corrected chi connectivity index (χ0v) is 7.99. The van der Waals surface area contributed by atoms with Crippen molar-refractivity contribution in [3.8, 4) is 6.07 Å². The van der Waals surface area contributed by atoms with Crippen LogP contribution in [0.15, 0.2) is 0 Å². The second-order valence-electron chi connectivity index (χ2n) is 3.35. The number of amides is 1. The Balaban J connectivity index is 2.40. The normalized spacial score (nSPS) is 19.7. The van der Waals surface area contributed by atoms with Crippen molar-refractivity contribution in [1.82, 2.24) is 9.80 Å². The molecule has 4 nitrogen and oxygen atoms in total. The van der Waals surface area contributed by atoms with E-state index in [2.05, 4.69) is 11.0 Å². The van der Waals surface area contributed by atoms with Gasteiger partial charge in [0.1, 0.15) is 0 Å². The summed E-state index contributed by atoms with van der Waals surface area (Å²) in [4.78, 5) is 15.2. The number of likely N-dealkylation sites (N-methyl/N-ethyl adjacent to an activating group) is 1. The Morgan fingerprint density at radius 2 is 2.31 bits per heavy atom. The van der Waals surface area contributed by atoms with Crippen molar-refractivity contribution >= 4 is 5.91 Å². The number of nitrogens with zero attached hydrogens (tertiary/aromatic N) is 3. The van der Waals surface area contributed by atoms with Crippen molar-refractivity contribution in [1.29, 1.82) is 5.26 Å². The molecule has 0 aromatic carbocycles. The summed E-state index contributed by atoms with van der Waals surface area (Å²) in [5, 5.41) is 8.41. The third-order valence-electron chi connectivity index (χ3n) is 2.29. The first-order valence-corrected chi connectivity index (χ1v) is 4.57. The first-order chi connectivity index (χ1) is 6.24. The van der Waals surface area contributed by atoms with Crippen LogP contribution in [0.2, 0.25) is 0 Å². The van der Waals surface area contributed by atoms with Gasteiger partial charge in [0.05, 0.1) is 12.6 Å². The lowest BCUT2D eigenvalue weighted by molar-refractivity contribution is -0.129. The van der Waals surface area contributed by atoms with Gasteiger partial charge in [0.2, 0.25) is 5.91 Å². The molecule has 0 aromatic rings. The van der Waals surface area contributed by atoms with Gasteiger partial charge in [0.15, 0.2) is 0 Å². The van der Waals surface area contributed by atoms with Crippen LogP contribution in [0, 0.1) is 11.3 Å². The van der Waals surface area contributed by atoms with Gasteiger partial charge in [-0.25, -0.2) is 0 Å². The number of carbonyl (C=O) groups excluding carboxylic acids is 1. The van der Waals surface area contributed by atoms with Crippen molar-refractivity contribution in [3.05, 3.63) is 0 Å². The van der Waals surface area contributed by atoms with Crippen LogP contribution >= 0.6 is 0 Å². The van der Waals surface area contributed by atoms with Crippen LogP contribution in [0.4, 0.5) is 0 Å². The largest absolute Gasteiger partial charge is 0.345 e. The van der Waals surface area contributed by atoms with E-state index in [1.165, 1.54) is 0 Å². The lowest BCUT2D eigenvalue weighted by Gasteiger charge is -2.17. The van der Waals surface area contributed by atoms with E-state index in [1.54, 1.807) is 4.90 Å². The van der Waals surface area contributed by atoms with Crippen molar-refractivity contribution < 1.29 is 4.79 Å². The maximum atomic E-state index is 11.4. The Hall–Kier alpha value is -1.08. The average Bonchev–Trinajstić information content (AvgIpc) is 2.26. The van der Waals surface area contributed by atoms with Gasteiger partial charge in [-0.1, -0.05) is 0 Å². The molecule has 1 aliphatic rings. The Morgan fingerprint density at radius 1 is 1.54 bits per heavy atom. The lowest BCUT2D eigenvalue weighted by Crippen LogP contribution is -2.34. The first kappa shape index (κ1) is 10.0. The van der Waals surface area contributed by atoms with Crippen LogP contribution in [0.3, 0.4) is 0 Å². The molecule has 0 spiro atoms. The molecule has 1 rings (SSSR count). The molecule has 0 N–H and O–H groups in total. The molecule has 0 unspecified atom stereocenters. The minimum Gasteiger partial charge on any atom is -0.345 e. The van der Waals surface area contributed by atoms with Crippen LogP contribution in [0.1, 0.15) is 12.8 Å². The zero-order valence-electron chi connectivity index (χ0n) is 7.99. The molecule has 1 saturated heterocycles. The van der Waals surface area contributed by atoms with Crippen molar-refractivity contribution in [3.63, 3.8) is 0 Å². The topological polar surface area (TPSA) is 47.3 Å². The van der Waals surface area contributed by atoms with E-state index in [-0.39, 0.29) is 5.91 Å². The predicted octanol–water partition coefficient (Wildman–Crippen LogP) is 0.0642. The van der Waals surface area contributed by atoms with Gasteiger partial charge in [-0.15, -0.1) is 0 Å². The summed E-state index contributed by atoms with van der Waals surface area (Å²) in [6, 6.07) is 2.09. The summed E-state index contributed by atoms with van der Waals surface area (Å²) < 4.78 is 0. The number of carbonyl (C=O) groups is 1. The molecular formula is C9H15N3O. The fourth-order valence-electron chi connectivity index (χ4n) is 1.45. The highest BCUT2D eigenvalue weighted by Crippen LogP contribution is 2.02. The third kappa shape index (κ3) is 3.03. The van der Waals surface area contributed by atoms with Crippen molar-refractivity contribution in [2.75, 3.05) is 33.2 Å². The molecule has 0 atom stereocenters. The molecule has 13 heavy (non-hydrogen) atoms. The lowest BCUT2D eigenvalue weighted by atomic mass is 10.3. The monoisotopic (exact) mass is 181 g/mol. The number of nitriles is 1. The first-order valence-electron chi connectivity index (χ1n) is 4.57. The average molecular weight is 181 g/mol. The molecule has 0 bridgehead atoms. The molecule has 0 aliphatic carbocycles. The third-order valence-corrected chi connectivity index (χ3v) is 2.29. The molecule has 0 radical (unpaired) electrons. The summed E-state index contributed by atoms with van der Waals surface area (Å²) in [6.45, 7) is 2.95. The molecule has 0 aromatic heterocycles. The molecular weight excluding hydrogens is 166 g/mol. The van der Waals surface area contributed by atoms with Gasteiger partial charge in [-0.3, -0.25) is 9.69 Å². The maximum absolute atomic E-state index is 11.4. The van der Waals surface area contributed by atoms with E-state index in [0.29, 0.717) is 13.0 Å². The molecule has 1 heterocycles. The fourth-order valence-corrected chi connectivity index (χ4v) is 1.45. The molecule has 1 aliphatic heterocycles. The zero-order chi connectivity index (χ0) is 9.68. The molecule has 4 heteroatoms.